The molecule has 0 aliphatic carbocycles. The van der Waals surface area contributed by atoms with Gasteiger partial charge in [0.1, 0.15) is 6.33 Å². The highest BCUT2D eigenvalue weighted by Crippen LogP contribution is 2.13. The Morgan fingerprint density at radius 1 is 1.43 bits per heavy atom. The van der Waals surface area contributed by atoms with Gasteiger partial charge in [-0.15, -0.1) is 5.10 Å². The van der Waals surface area contributed by atoms with Gasteiger partial charge in [-0.1, -0.05) is 6.07 Å². The van der Waals surface area contributed by atoms with Crippen molar-refractivity contribution < 1.29 is 9.13 Å². The largest absolute Gasteiger partial charge is 0.404 e. The van der Waals surface area contributed by atoms with Crippen LogP contribution in [0.25, 0.3) is 0 Å². The van der Waals surface area contributed by atoms with Crippen LogP contribution in [0, 0.1) is 5.95 Å². The van der Waals surface area contributed by atoms with Gasteiger partial charge in [-0.3, -0.25) is 4.68 Å². The molecule has 0 radical (unpaired) electrons. The summed E-state index contributed by atoms with van der Waals surface area (Å²) in [5.74, 6) is -0.463. The minimum Gasteiger partial charge on any atom is -0.404 e. The summed E-state index contributed by atoms with van der Waals surface area (Å²) in [5.41, 5.74) is 0. The van der Waals surface area contributed by atoms with E-state index in [1.807, 2.05) is 0 Å². The van der Waals surface area contributed by atoms with Gasteiger partial charge in [0.05, 0.1) is 0 Å². The average Bonchev–Trinajstić information content (AvgIpc) is 2.51. The molecule has 0 N–H and O–H groups in total. The lowest BCUT2D eigenvalue weighted by Gasteiger charge is -1.97. The van der Waals surface area contributed by atoms with Gasteiger partial charge in [-0.25, -0.2) is 0 Å². The second kappa shape index (κ2) is 3.41. The van der Waals surface area contributed by atoms with Crippen LogP contribution in [0.5, 0.6) is 11.9 Å². The molecular formula is C8H7FN4O. The number of hydrogen-bond acceptors (Lipinski definition) is 4. The van der Waals surface area contributed by atoms with Crippen molar-refractivity contribution in [2.45, 2.75) is 0 Å². The van der Waals surface area contributed by atoms with E-state index < -0.39 is 5.95 Å². The van der Waals surface area contributed by atoms with E-state index in [-0.39, 0.29) is 11.9 Å². The van der Waals surface area contributed by atoms with Gasteiger partial charge < -0.3 is 4.74 Å². The standard InChI is InChI=1S/C8H7FN4O/c1-13-5-10-8(12-13)14-7-4-2-3-6(9)11-7/h2-5H,1H3. The zero-order valence-corrected chi connectivity index (χ0v) is 7.38. The number of aryl methyl sites for hydroxylation is 1. The van der Waals surface area contributed by atoms with E-state index in [2.05, 4.69) is 15.1 Å². The molecule has 6 heteroatoms. The van der Waals surface area contributed by atoms with E-state index in [0.717, 1.165) is 0 Å². The number of ether oxygens (including phenoxy) is 1. The summed E-state index contributed by atoms with van der Waals surface area (Å²) in [6.45, 7) is 0. The molecule has 0 unspecified atom stereocenters. The minimum absolute atomic E-state index is 0.135. The smallest absolute Gasteiger partial charge is 0.342 e. The third kappa shape index (κ3) is 1.85. The van der Waals surface area contributed by atoms with E-state index in [1.54, 1.807) is 7.05 Å². The van der Waals surface area contributed by atoms with Crippen molar-refractivity contribution in [1.29, 1.82) is 0 Å². The number of nitrogens with zero attached hydrogens (tertiary/aromatic N) is 4. The second-order valence-corrected chi connectivity index (χ2v) is 2.60. The molecule has 5 nitrogen and oxygen atoms in total. The van der Waals surface area contributed by atoms with Crippen LogP contribution in [-0.2, 0) is 7.05 Å². The van der Waals surface area contributed by atoms with Crippen LogP contribution < -0.4 is 4.74 Å². The van der Waals surface area contributed by atoms with Crippen LogP contribution in [0.1, 0.15) is 0 Å². The van der Waals surface area contributed by atoms with E-state index in [0.29, 0.717) is 0 Å². The van der Waals surface area contributed by atoms with E-state index in [9.17, 15) is 4.39 Å². The fourth-order valence-electron chi connectivity index (χ4n) is 0.906. The highest BCUT2D eigenvalue weighted by molar-refractivity contribution is 5.14. The van der Waals surface area contributed by atoms with Crippen LogP contribution in [0.3, 0.4) is 0 Å². The minimum atomic E-state index is -0.599. The molecular weight excluding hydrogens is 187 g/mol. The first-order chi connectivity index (χ1) is 6.74. The molecule has 0 aliphatic rings. The molecule has 0 atom stereocenters. The molecule has 0 aromatic carbocycles. The van der Waals surface area contributed by atoms with Gasteiger partial charge in [0, 0.05) is 13.1 Å². The van der Waals surface area contributed by atoms with Gasteiger partial charge in [0.2, 0.25) is 11.8 Å². The number of aromatic nitrogens is 4. The van der Waals surface area contributed by atoms with Crippen LogP contribution in [0.2, 0.25) is 0 Å². The summed E-state index contributed by atoms with van der Waals surface area (Å²) in [5, 5.41) is 3.86. The maximum absolute atomic E-state index is 12.6. The molecule has 2 rings (SSSR count). The maximum atomic E-state index is 12.6. The summed E-state index contributed by atoms with van der Waals surface area (Å²) >= 11 is 0. The predicted molar refractivity (Wildman–Crippen MR) is 45.3 cm³/mol. The van der Waals surface area contributed by atoms with Crippen LogP contribution in [0.15, 0.2) is 24.5 Å². The van der Waals surface area contributed by atoms with Gasteiger partial charge in [0.15, 0.2) is 0 Å². The molecule has 0 spiro atoms. The van der Waals surface area contributed by atoms with Crippen molar-refractivity contribution in [2.24, 2.45) is 7.05 Å². The summed E-state index contributed by atoms with van der Waals surface area (Å²) in [4.78, 5) is 7.31. The molecule has 0 saturated heterocycles. The Kier molecular flexibility index (Phi) is 2.10. The van der Waals surface area contributed by atoms with E-state index in [4.69, 9.17) is 4.74 Å². The summed E-state index contributed by atoms with van der Waals surface area (Å²) in [7, 11) is 1.71. The number of pyridine rings is 1. The zero-order chi connectivity index (χ0) is 9.97. The van der Waals surface area contributed by atoms with Crippen LogP contribution in [0.4, 0.5) is 4.39 Å². The van der Waals surface area contributed by atoms with Crippen LogP contribution in [-0.4, -0.2) is 19.7 Å². The Labute approximate surface area is 79.2 Å². The normalized spacial score (nSPS) is 10.1. The second-order valence-electron chi connectivity index (χ2n) is 2.60. The third-order valence-corrected chi connectivity index (χ3v) is 1.46. The number of rotatable bonds is 2. The summed E-state index contributed by atoms with van der Waals surface area (Å²) < 4.78 is 19.2. The van der Waals surface area contributed by atoms with Gasteiger partial charge in [-0.05, 0) is 6.07 Å². The fraction of sp³-hybridized carbons (Fsp3) is 0.125. The Morgan fingerprint density at radius 3 is 2.93 bits per heavy atom. The molecule has 2 heterocycles. The molecule has 0 saturated carbocycles. The SMILES string of the molecule is Cn1cnc(Oc2cccc(F)n2)n1. The molecule has 0 aliphatic heterocycles. The molecule has 0 amide bonds. The Balaban J connectivity index is 2.18. The molecule has 0 bridgehead atoms. The van der Waals surface area contributed by atoms with Crippen molar-refractivity contribution in [1.82, 2.24) is 19.7 Å². The summed E-state index contributed by atoms with van der Waals surface area (Å²) in [6.07, 6.45) is 1.48. The van der Waals surface area contributed by atoms with Crippen molar-refractivity contribution in [2.75, 3.05) is 0 Å². The van der Waals surface area contributed by atoms with Crippen molar-refractivity contribution in [3.8, 4) is 11.9 Å². The third-order valence-electron chi connectivity index (χ3n) is 1.46. The highest BCUT2D eigenvalue weighted by atomic mass is 19.1. The predicted octanol–water partition coefficient (Wildman–Crippen LogP) is 1.14. The molecule has 2 aromatic heterocycles. The van der Waals surface area contributed by atoms with Crippen molar-refractivity contribution >= 4 is 0 Å². The zero-order valence-electron chi connectivity index (χ0n) is 7.38. The molecule has 2 aromatic rings. The Hall–Kier alpha value is -1.98. The average molecular weight is 194 g/mol. The van der Waals surface area contributed by atoms with Gasteiger partial charge in [-0.2, -0.15) is 14.4 Å². The maximum Gasteiger partial charge on any atom is 0.342 e. The monoisotopic (exact) mass is 194 g/mol. The first kappa shape index (κ1) is 8.61. The first-order valence-electron chi connectivity index (χ1n) is 3.90. The lowest BCUT2D eigenvalue weighted by Crippen LogP contribution is -1.92. The molecule has 14 heavy (non-hydrogen) atoms. The Bertz CT molecular complexity index is 442. The van der Waals surface area contributed by atoms with Crippen LogP contribution >= 0.6 is 0 Å². The summed E-state index contributed by atoms with van der Waals surface area (Å²) in [6, 6.07) is 4.41. The quantitative estimate of drug-likeness (QED) is 0.673. The van der Waals surface area contributed by atoms with Crippen molar-refractivity contribution in [3.05, 3.63) is 30.5 Å². The molecule has 72 valence electrons. The molecule has 0 fully saturated rings. The van der Waals surface area contributed by atoms with E-state index >= 15 is 0 Å². The topological polar surface area (TPSA) is 52.8 Å². The highest BCUT2D eigenvalue weighted by Gasteiger charge is 2.03. The van der Waals surface area contributed by atoms with E-state index in [1.165, 1.54) is 29.2 Å². The van der Waals surface area contributed by atoms with Gasteiger partial charge >= 0.3 is 6.01 Å². The number of halogens is 1. The van der Waals surface area contributed by atoms with Gasteiger partial charge in [0.25, 0.3) is 0 Å². The van der Waals surface area contributed by atoms with Crippen molar-refractivity contribution in [3.63, 3.8) is 0 Å². The fourth-order valence-corrected chi connectivity index (χ4v) is 0.906. The lowest BCUT2D eigenvalue weighted by molar-refractivity contribution is 0.411. The number of hydrogen-bond donors (Lipinski definition) is 0. The first-order valence-corrected chi connectivity index (χ1v) is 3.90. The lowest BCUT2D eigenvalue weighted by atomic mass is 10.5. The Morgan fingerprint density at radius 2 is 2.29 bits per heavy atom.